The molecule has 1 saturated heterocycles. The van der Waals surface area contributed by atoms with E-state index in [1.165, 1.54) is 0 Å². The Hall–Kier alpha value is -3.33. The van der Waals surface area contributed by atoms with E-state index < -0.39 is 0 Å². The molecular weight excluding hydrogens is 360 g/mol. The van der Waals surface area contributed by atoms with Crippen LogP contribution in [-0.2, 0) is 11.3 Å². The lowest BCUT2D eigenvalue weighted by Crippen LogP contribution is -2.43. The van der Waals surface area contributed by atoms with Gasteiger partial charge in [-0.2, -0.15) is 4.98 Å². The van der Waals surface area contributed by atoms with Crippen LogP contribution >= 0.6 is 0 Å². The van der Waals surface area contributed by atoms with Gasteiger partial charge in [-0.25, -0.2) is 4.98 Å². The van der Waals surface area contributed by atoms with Crippen molar-refractivity contribution in [2.75, 3.05) is 20.3 Å². The number of fused-ring (bicyclic) bond motifs is 1. The highest BCUT2D eigenvalue weighted by molar-refractivity contribution is 5.93. The van der Waals surface area contributed by atoms with E-state index in [0.717, 1.165) is 36.2 Å². The summed E-state index contributed by atoms with van der Waals surface area (Å²) in [4.78, 5) is 8.97. The molecule has 0 atom stereocenters. The minimum Gasteiger partial charge on any atom is -0.481 e. The summed E-state index contributed by atoms with van der Waals surface area (Å²) >= 11 is 0. The molecule has 1 aliphatic rings. The van der Waals surface area contributed by atoms with Gasteiger partial charge in [0.2, 0.25) is 11.7 Å². The fraction of sp³-hybridized carbons (Fsp3) is 0.316. The van der Waals surface area contributed by atoms with Gasteiger partial charge in [-0.1, -0.05) is 35.5 Å². The van der Waals surface area contributed by atoms with Crippen molar-refractivity contribution in [2.24, 2.45) is 5.41 Å². The van der Waals surface area contributed by atoms with Crippen LogP contribution in [0.3, 0.4) is 0 Å². The third kappa shape index (κ3) is 2.89. The number of aromatic nitrogens is 6. The molecule has 1 fully saturated rings. The maximum absolute atomic E-state index is 5.45. The summed E-state index contributed by atoms with van der Waals surface area (Å²) in [6.45, 7) is 4.34. The molecule has 0 bridgehead atoms. The molecule has 0 radical (unpaired) electrons. The van der Waals surface area contributed by atoms with Gasteiger partial charge in [0.05, 0.1) is 38.6 Å². The molecule has 0 N–H and O–H groups in total. The van der Waals surface area contributed by atoms with Crippen LogP contribution in [0.25, 0.3) is 33.9 Å². The first-order valence-corrected chi connectivity index (χ1v) is 8.90. The quantitative estimate of drug-likeness (QED) is 0.522. The Balaban J connectivity index is 1.49. The van der Waals surface area contributed by atoms with Crippen LogP contribution in [-0.4, -0.2) is 50.4 Å². The summed E-state index contributed by atoms with van der Waals surface area (Å²) in [6, 6.07) is 9.54. The van der Waals surface area contributed by atoms with E-state index in [2.05, 4.69) is 32.4 Å². The number of pyridine rings is 1. The van der Waals surface area contributed by atoms with Gasteiger partial charge in [0.1, 0.15) is 0 Å². The van der Waals surface area contributed by atoms with E-state index in [0.29, 0.717) is 23.3 Å². The number of nitrogens with zero attached hydrogens (tertiary/aromatic N) is 6. The molecule has 142 valence electrons. The zero-order chi connectivity index (χ0) is 19.1. The van der Waals surface area contributed by atoms with Crippen molar-refractivity contribution >= 4 is 10.9 Å². The Labute approximate surface area is 160 Å². The van der Waals surface area contributed by atoms with Gasteiger partial charge >= 0.3 is 0 Å². The highest BCUT2D eigenvalue weighted by Crippen LogP contribution is 2.31. The van der Waals surface area contributed by atoms with E-state index in [1.54, 1.807) is 17.9 Å². The van der Waals surface area contributed by atoms with E-state index in [-0.39, 0.29) is 5.41 Å². The summed E-state index contributed by atoms with van der Waals surface area (Å²) < 4.78 is 17.8. The zero-order valence-corrected chi connectivity index (χ0v) is 15.5. The standard InChI is InChI=1S/C19H18N6O3/c1-19(10-27-11-19)9-25-8-15(22-24-25)18-21-17(23-28-18)13-7-16(26-2)20-14-6-4-3-5-12(13)14/h3-8H,9-11H2,1-2H3. The first-order chi connectivity index (χ1) is 13.6. The first-order valence-electron chi connectivity index (χ1n) is 8.90. The monoisotopic (exact) mass is 378 g/mol. The number of hydrogen-bond donors (Lipinski definition) is 0. The maximum Gasteiger partial charge on any atom is 0.280 e. The van der Waals surface area contributed by atoms with Crippen molar-refractivity contribution < 1.29 is 14.0 Å². The summed E-state index contributed by atoms with van der Waals surface area (Å²) in [6.07, 6.45) is 1.81. The van der Waals surface area contributed by atoms with Gasteiger partial charge in [0.25, 0.3) is 5.89 Å². The van der Waals surface area contributed by atoms with E-state index in [9.17, 15) is 0 Å². The predicted octanol–water partition coefficient (Wildman–Crippen LogP) is 2.59. The summed E-state index contributed by atoms with van der Waals surface area (Å²) in [5.41, 5.74) is 2.21. The second kappa shape index (κ2) is 6.38. The summed E-state index contributed by atoms with van der Waals surface area (Å²) in [5.74, 6) is 1.25. The van der Waals surface area contributed by atoms with Crippen LogP contribution < -0.4 is 4.74 Å². The molecule has 5 rings (SSSR count). The molecule has 9 nitrogen and oxygen atoms in total. The summed E-state index contributed by atoms with van der Waals surface area (Å²) in [5, 5.41) is 13.4. The zero-order valence-electron chi connectivity index (χ0n) is 15.5. The fourth-order valence-corrected chi connectivity index (χ4v) is 3.28. The van der Waals surface area contributed by atoms with Crippen molar-refractivity contribution in [3.8, 4) is 28.9 Å². The van der Waals surface area contributed by atoms with Crippen LogP contribution in [0, 0.1) is 5.41 Å². The number of benzene rings is 1. The summed E-state index contributed by atoms with van der Waals surface area (Å²) in [7, 11) is 1.58. The third-order valence-electron chi connectivity index (χ3n) is 4.77. The van der Waals surface area contributed by atoms with Crippen molar-refractivity contribution in [1.82, 2.24) is 30.1 Å². The van der Waals surface area contributed by atoms with Crippen LogP contribution in [0.5, 0.6) is 5.88 Å². The molecule has 0 unspecified atom stereocenters. The van der Waals surface area contributed by atoms with Gasteiger partial charge in [-0.15, -0.1) is 5.10 Å². The predicted molar refractivity (Wildman–Crippen MR) is 99.5 cm³/mol. The van der Waals surface area contributed by atoms with Gasteiger partial charge in [-0.3, -0.25) is 4.68 Å². The third-order valence-corrected chi connectivity index (χ3v) is 4.77. The molecule has 3 aromatic heterocycles. The molecule has 1 aliphatic heterocycles. The molecule has 1 aromatic carbocycles. The van der Waals surface area contributed by atoms with Crippen LogP contribution in [0.2, 0.25) is 0 Å². The van der Waals surface area contributed by atoms with Crippen LogP contribution in [0.15, 0.2) is 41.1 Å². The topological polar surface area (TPSA) is 101 Å². The van der Waals surface area contributed by atoms with Crippen molar-refractivity contribution in [1.29, 1.82) is 0 Å². The second-order valence-electron chi connectivity index (χ2n) is 7.26. The first kappa shape index (κ1) is 16.8. The second-order valence-corrected chi connectivity index (χ2v) is 7.26. The van der Waals surface area contributed by atoms with E-state index in [4.69, 9.17) is 14.0 Å². The highest BCUT2D eigenvalue weighted by atomic mass is 16.5. The van der Waals surface area contributed by atoms with Crippen molar-refractivity contribution in [2.45, 2.75) is 13.5 Å². The fourth-order valence-electron chi connectivity index (χ4n) is 3.28. The molecule has 0 saturated carbocycles. The van der Waals surface area contributed by atoms with E-state index in [1.807, 2.05) is 30.5 Å². The minimum atomic E-state index is 0.0947. The average Bonchev–Trinajstić information content (AvgIpc) is 3.35. The van der Waals surface area contributed by atoms with Crippen LogP contribution in [0.4, 0.5) is 0 Å². The lowest BCUT2D eigenvalue weighted by atomic mass is 9.89. The number of para-hydroxylation sites is 1. The van der Waals surface area contributed by atoms with Crippen molar-refractivity contribution in [3.05, 3.63) is 36.5 Å². The largest absolute Gasteiger partial charge is 0.481 e. The SMILES string of the molecule is COc1cc(-c2noc(-c3cn(CC4(C)COC4)nn3)n2)c2ccccc2n1. The molecule has 0 amide bonds. The normalized spacial score (nSPS) is 15.5. The Morgan fingerprint density at radius 2 is 2.07 bits per heavy atom. The number of rotatable bonds is 5. The molecule has 4 aromatic rings. The Bertz CT molecular complexity index is 1150. The smallest absolute Gasteiger partial charge is 0.280 e. The van der Waals surface area contributed by atoms with E-state index >= 15 is 0 Å². The number of methoxy groups -OCH3 is 1. The van der Waals surface area contributed by atoms with Gasteiger partial charge in [-0.05, 0) is 6.07 Å². The molecule has 9 heteroatoms. The maximum atomic E-state index is 5.45. The lowest BCUT2D eigenvalue weighted by Gasteiger charge is -2.37. The molecule has 28 heavy (non-hydrogen) atoms. The molecule has 0 aliphatic carbocycles. The average molecular weight is 378 g/mol. The Kier molecular flexibility index (Phi) is 3.83. The Morgan fingerprint density at radius 3 is 2.86 bits per heavy atom. The van der Waals surface area contributed by atoms with Gasteiger partial charge in [0.15, 0.2) is 5.69 Å². The van der Waals surface area contributed by atoms with Crippen molar-refractivity contribution in [3.63, 3.8) is 0 Å². The Morgan fingerprint density at radius 1 is 1.21 bits per heavy atom. The highest BCUT2D eigenvalue weighted by Gasteiger charge is 2.34. The number of hydrogen-bond acceptors (Lipinski definition) is 8. The molecular formula is C19H18N6O3. The lowest BCUT2D eigenvalue weighted by molar-refractivity contribution is -0.111. The number of ether oxygens (including phenoxy) is 2. The van der Waals surface area contributed by atoms with Gasteiger partial charge in [0, 0.05) is 22.4 Å². The van der Waals surface area contributed by atoms with Gasteiger partial charge < -0.3 is 14.0 Å². The van der Waals surface area contributed by atoms with Crippen LogP contribution in [0.1, 0.15) is 6.92 Å². The minimum absolute atomic E-state index is 0.0947. The molecule has 4 heterocycles. The molecule has 0 spiro atoms.